The van der Waals surface area contributed by atoms with Gasteiger partial charge in [0.25, 0.3) is 0 Å². The van der Waals surface area contributed by atoms with Gasteiger partial charge in [-0.3, -0.25) is 0 Å². The first-order chi connectivity index (χ1) is 4.46. The molecule has 0 aromatic heterocycles. The zero-order valence-corrected chi connectivity index (χ0v) is 11.6. The molecule has 4 N–H and O–H groups in total. The Balaban J connectivity index is -0.000000135. The molecule has 0 aliphatic carbocycles. The second-order valence-electron chi connectivity index (χ2n) is 1.57. The molecule has 8 heteroatoms. The van der Waals surface area contributed by atoms with Crippen molar-refractivity contribution in [1.82, 2.24) is 0 Å². The number of rotatable bonds is 3. The average Bonchev–Trinajstić information content (AvgIpc) is 1.84. The third-order valence-corrected chi connectivity index (χ3v) is 0.805. The molecular formula is C4H8IKO6. The number of carbonyl (C=O) groups is 2. The van der Waals surface area contributed by atoms with Crippen LogP contribution in [0.4, 0.5) is 0 Å². The molecule has 0 aliphatic heterocycles. The molecule has 0 bridgehead atoms. The van der Waals surface area contributed by atoms with Gasteiger partial charge in [0.1, 0.15) is 0 Å². The van der Waals surface area contributed by atoms with Gasteiger partial charge in [0.2, 0.25) is 0 Å². The Hall–Kier alpha value is 1.23. The number of aliphatic hydroxyl groups is 2. The van der Waals surface area contributed by atoms with Gasteiger partial charge < -0.3 is 21.9 Å². The first kappa shape index (κ1) is 18.9. The first-order valence-electron chi connectivity index (χ1n) is 2.28. The van der Waals surface area contributed by atoms with Crippen molar-refractivity contribution >= 4 is 35.9 Å². The number of aliphatic carboxylic acids is 2. The number of carboxylic acid groups (broad SMARTS) is 2. The Kier molecular flexibility index (Phi) is 13.9. The molecule has 0 aromatic carbocycles. The van der Waals surface area contributed by atoms with Gasteiger partial charge in [0, 0.05) is 0 Å². The van der Waals surface area contributed by atoms with E-state index in [9.17, 15) is 9.59 Å². The molecule has 0 spiro atoms. The summed E-state index contributed by atoms with van der Waals surface area (Å²) in [6.45, 7) is 0. The van der Waals surface area contributed by atoms with Gasteiger partial charge in [0.15, 0.2) is 12.2 Å². The van der Waals surface area contributed by atoms with Crippen molar-refractivity contribution in [2.75, 3.05) is 0 Å². The molecule has 0 saturated carbocycles. The van der Waals surface area contributed by atoms with Crippen molar-refractivity contribution in [1.29, 1.82) is 0 Å². The molecule has 6 nitrogen and oxygen atoms in total. The van der Waals surface area contributed by atoms with E-state index >= 15 is 0 Å². The minimum Gasteiger partial charge on any atom is -1.00 e. The molecule has 0 rings (SSSR count). The van der Waals surface area contributed by atoms with E-state index < -0.39 is 24.1 Å². The summed E-state index contributed by atoms with van der Waals surface area (Å²) >= 11 is 0. The molecule has 0 radical (unpaired) electrons. The van der Waals surface area contributed by atoms with E-state index in [1.165, 1.54) is 0 Å². The first-order valence-corrected chi connectivity index (χ1v) is 2.28. The predicted molar refractivity (Wildman–Crippen MR) is 43.8 cm³/mol. The molecule has 0 heterocycles. The number of aliphatic hydroxyl groups excluding tert-OH is 2. The van der Waals surface area contributed by atoms with Crippen molar-refractivity contribution < 1.29 is 82.8 Å². The molecule has 2 atom stereocenters. The van der Waals surface area contributed by atoms with Crippen molar-refractivity contribution in [3.8, 4) is 0 Å². The molecule has 0 amide bonds. The van der Waals surface area contributed by atoms with Crippen LogP contribution in [0.15, 0.2) is 0 Å². The number of halogens is 1. The fourth-order valence-electron chi connectivity index (χ4n) is 0.270. The van der Waals surface area contributed by atoms with Gasteiger partial charge in [-0.15, -0.1) is 24.0 Å². The Labute approximate surface area is 129 Å². The normalized spacial score (nSPS) is 13.2. The average molecular weight is 318 g/mol. The standard InChI is InChI=1S/C4H6O6.HI.K.H/c5-1(3(7)8)2(6)4(9)10;;;/h1-2,5-6H,(H,7,8)(H,9,10);1H;;/q;;+1;-1. The van der Waals surface area contributed by atoms with Gasteiger partial charge in [-0.25, -0.2) is 9.59 Å². The van der Waals surface area contributed by atoms with E-state index in [0.29, 0.717) is 0 Å². The van der Waals surface area contributed by atoms with Crippen LogP contribution in [0.5, 0.6) is 0 Å². The van der Waals surface area contributed by atoms with Gasteiger partial charge in [-0.2, -0.15) is 0 Å². The smallest absolute Gasteiger partial charge is 1.00 e. The van der Waals surface area contributed by atoms with Crippen LogP contribution < -0.4 is 51.4 Å². The quantitative estimate of drug-likeness (QED) is 0.309. The Morgan fingerprint density at radius 2 is 1.17 bits per heavy atom. The van der Waals surface area contributed by atoms with Crippen molar-refractivity contribution in [3.05, 3.63) is 0 Å². The summed E-state index contributed by atoms with van der Waals surface area (Å²) < 4.78 is 0. The summed E-state index contributed by atoms with van der Waals surface area (Å²) in [7, 11) is 0. The van der Waals surface area contributed by atoms with Gasteiger partial charge in [0.05, 0.1) is 0 Å². The van der Waals surface area contributed by atoms with Crippen molar-refractivity contribution in [2.45, 2.75) is 12.2 Å². The van der Waals surface area contributed by atoms with Gasteiger partial charge in [-0.05, 0) is 0 Å². The number of carboxylic acids is 2. The summed E-state index contributed by atoms with van der Waals surface area (Å²) in [5.74, 6) is -3.54. The van der Waals surface area contributed by atoms with Gasteiger partial charge in [-0.1, -0.05) is 0 Å². The van der Waals surface area contributed by atoms with E-state index in [1.807, 2.05) is 0 Å². The minimum absolute atomic E-state index is 0. The largest absolute Gasteiger partial charge is 1.00 e. The van der Waals surface area contributed by atoms with E-state index in [-0.39, 0.29) is 76.8 Å². The number of hydrogen-bond acceptors (Lipinski definition) is 4. The topological polar surface area (TPSA) is 115 Å². The molecule has 0 aliphatic rings. The van der Waals surface area contributed by atoms with Crippen LogP contribution in [-0.4, -0.2) is 44.6 Å². The molecule has 0 saturated heterocycles. The summed E-state index contributed by atoms with van der Waals surface area (Å²) in [5, 5.41) is 32.5. The maximum absolute atomic E-state index is 9.77. The predicted octanol–water partition coefficient (Wildman–Crippen LogP) is -4.39. The third-order valence-electron chi connectivity index (χ3n) is 0.805. The fraction of sp³-hybridized carbons (Fsp3) is 0.500. The zero-order valence-electron chi connectivity index (χ0n) is 7.17. The second-order valence-corrected chi connectivity index (χ2v) is 1.57. The molecular weight excluding hydrogens is 310 g/mol. The van der Waals surface area contributed by atoms with E-state index in [4.69, 9.17) is 20.4 Å². The van der Waals surface area contributed by atoms with Crippen LogP contribution >= 0.6 is 24.0 Å². The second kappa shape index (κ2) is 8.81. The maximum atomic E-state index is 9.77. The minimum atomic E-state index is -2.27. The van der Waals surface area contributed by atoms with Crippen LogP contribution in [0.2, 0.25) is 0 Å². The van der Waals surface area contributed by atoms with Crippen LogP contribution in [0.1, 0.15) is 1.43 Å². The van der Waals surface area contributed by atoms with Crippen molar-refractivity contribution in [2.24, 2.45) is 0 Å². The van der Waals surface area contributed by atoms with Crippen LogP contribution in [0.25, 0.3) is 0 Å². The molecule has 0 aromatic rings. The fourth-order valence-corrected chi connectivity index (χ4v) is 0.270. The summed E-state index contributed by atoms with van der Waals surface area (Å²) in [6, 6.07) is 0. The van der Waals surface area contributed by atoms with Crippen LogP contribution in [-0.2, 0) is 9.59 Å². The van der Waals surface area contributed by atoms with E-state index in [0.717, 1.165) is 0 Å². The van der Waals surface area contributed by atoms with E-state index in [2.05, 4.69) is 0 Å². The third kappa shape index (κ3) is 6.71. The van der Waals surface area contributed by atoms with Crippen molar-refractivity contribution in [3.63, 3.8) is 0 Å². The Bertz CT molecular complexity index is 149. The monoisotopic (exact) mass is 318 g/mol. The summed E-state index contributed by atoms with van der Waals surface area (Å²) in [6.07, 6.45) is -4.53. The van der Waals surface area contributed by atoms with Crippen LogP contribution in [0.3, 0.4) is 0 Å². The van der Waals surface area contributed by atoms with E-state index in [1.54, 1.807) is 0 Å². The zero-order chi connectivity index (χ0) is 8.31. The maximum Gasteiger partial charge on any atom is 1.00 e. The molecule has 12 heavy (non-hydrogen) atoms. The van der Waals surface area contributed by atoms with Gasteiger partial charge >= 0.3 is 63.3 Å². The Morgan fingerprint density at radius 1 is 1.00 bits per heavy atom. The molecule has 68 valence electrons. The Morgan fingerprint density at radius 3 is 1.25 bits per heavy atom. The summed E-state index contributed by atoms with van der Waals surface area (Å²) in [4.78, 5) is 19.5. The molecule has 2 unspecified atom stereocenters. The SMILES string of the molecule is I.O=C(O)C(O)C(O)C(=O)O.[H-].[K+]. The summed E-state index contributed by atoms with van der Waals surface area (Å²) in [5.41, 5.74) is 0. The molecule has 0 fully saturated rings. The number of hydrogen-bond donors (Lipinski definition) is 4. The van der Waals surface area contributed by atoms with Crippen LogP contribution in [0, 0.1) is 0 Å².